The van der Waals surface area contributed by atoms with Gasteiger partial charge in [-0.25, -0.2) is 9.97 Å². The van der Waals surface area contributed by atoms with E-state index in [1.165, 1.54) is 7.11 Å². The Bertz CT molecular complexity index is 756. The minimum absolute atomic E-state index is 0.0333. The van der Waals surface area contributed by atoms with Crippen LogP contribution >= 0.6 is 0 Å². The van der Waals surface area contributed by atoms with Crippen molar-refractivity contribution < 1.29 is 19.1 Å². The van der Waals surface area contributed by atoms with Crippen LogP contribution in [-0.2, 0) is 14.3 Å². The molecule has 120 valence electrons. The van der Waals surface area contributed by atoms with E-state index in [2.05, 4.69) is 9.97 Å². The molecule has 2 aromatic heterocycles. The number of likely N-dealkylation sites (tertiary alicyclic amines) is 1. The van der Waals surface area contributed by atoms with Gasteiger partial charge in [-0.1, -0.05) is 0 Å². The molecule has 2 fully saturated rings. The molecule has 8 nitrogen and oxygen atoms in total. The molecule has 2 aliphatic heterocycles. The Morgan fingerprint density at radius 2 is 2.35 bits per heavy atom. The highest BCUT2D eigenvalue weighted by atomic mass is 16.5. The number of carbonyl (C=O) groups is 2. The van der Waals surface area contributed by atoms with Crippen molar-refractivity contribution >= 4 is 17.7 Å². The Morgan fingerprint density at radius 1 is 1.48 bits per heavy atom. The Labute approximate surface area is 132 Å². The molecule has 0 N–H and O–H groups in total. The first-order valence-corrected chi connectivity index (χ1v) is 7.39. The minimum Gasteiger partial charge on any atom is -0.468 e. The van der Waals surface area contributed by atoms with E-state index < -0.39 is 5.41 Å². The Hall–Kier alpha value is -2.48. The molecule has 4 rings (SSSR count). The van der Waals surface area contributed by atoms with Gasteiger partial charge >= 0.3 is 5.97 Å². The molecule has 0 saturated carbocycles. The van der Waals surface area contributed by atoms with Crippen LogP contribution in [-0.4, -0.2) is 64.6 Å². The third-order valence-corrected chi connectivity index (χ3v) is 4.71. The molecule has 23 heavy (non-hydrogen) atoms. The average molecular weight is 316 g/mol. The molecule has 0 unspecified atom stereocenters. The van der Waals surface area contributed by atoms with Crippen LogP contribution in [0.15, 0.2) is 24.7 Å². The molecule has 4 heterocycles. The van der Waals surface area contributed by atoms with E-state index >= 15 is 0 Å². The lowest BCUT2D eigenvalue weighted by atomic mass is 9.81. The molecule has 2 aromatic rings. The summed E-state index contributed by atoms with van der Waals surface area (Å²) >= 11 is 0. The fraction of sp³-hybridized carbons (Fsp3) is 0.467. The van der Waals surface area contributed by atoms with Crippen molar-refractivity contribution in [3.8, 4) is 0 Å². The van der Waals surface area contributed by atoms with Gasteiger partial charge in [-0.2, -0.15) is 0 Å². The van der Waals surface area contributed by atoms with Crippen LogP contribution in [0.25, 0.3) is 5.78 Å². The number of imidazole rings is 1. The molecule has 2 aliphatic rings. The summed E-state index contributed by atoms with van der Waals surface area (Å²) in [4.78, 5) is 34.9. The molecule has 0 aliphatic carbocycles. The van der Waals surface area contributed by atoms with Gasteiger partial charge in [-0.3, -0.25) is 14.0 Å². The number of carbonyl (C=O) groups excluding carboxylic acids is 2. The highest BCUT2D eigenvalue weighted by Crippen LogP contribution is 2.42. The van der Waals surface area contributed by atoms with E-state index in [9.17, 15) is 9.59 Å². The van der Waals surface area contributed by atoms with Crippen molar-refractivity contribution in [2.24, 2.45) is 11.3 Å². The number of hydrogen-bond donors (Lipinski definition) is 0. The number of hydrogen-bond acceptors (Lipinski definition) is 6. The summed E-state index contributed by atoms with van der Waals surface area (Å²) in [5.74, 6) is -0.0736. The predicted molar refractivity (Wildman–Crippen MR) is 77.6 cm³/mol. The standard InChI is InChI=1S/C15H16N4O4/c1-22-13(21)15-8-19(5-10(15)7-23-9-15)12(20)11-6-18-4-2-3-16-14(18)17-11/h2-4,6,10H,5,7-9H2,1H3/t10-,15-/m0/s1. The zero-order valence-corrected chi connectivity index (χ0v) is 12.6. The Morgan fingerprint density at radius 3 is 3.13 bits per heavy atom. The van der Waals surface area contributed by atoms with Crippen molar-refractivity contribution in [1.29, 1.82) is 0 Å². The van der Waals surface area contributed by atoms with Crippen molar-refractivity contribution in [1.82, 2.24) is 19.3 Å². The van der Waals surface area contributed by atoms with E-state index in [0.29, 0.717) is 37.8 Å². The second-order valence-electron chi connectivity index (χ2n) is 6.00. The van der Waals surface area contributed by atoms with Gasteiger partial charge in [0, 0.05) is 37.6 Å². The molecular formula is C15H16N4O4. The minimum atomic E-state index is -0.748. The van der Waals surface area contributed by atoms with Crippen LogP contribution in [0.5, 0.6) is 0 Å². The van der Waals surface area contributed by atoms with Gasteiger partial charge < -0.3 is 14.4 Å². The quantitative estimate of drug-likeness (QED) is 0.725. The zero-order chi connectivity index (χ0) is 16.0. The van der Waals surface area contributed by atoms with E-state index in [1.54, 1.807) is 34.0 Å². The monoisotopic (exact) mass is 316 g/mol. The van der Waals surface area contributed by atoms with Crippen LogP contribution in [0, 0.1) is 11.3 Å². The SMILES string of the molecule is COC(=O)[C@@]12COC[C@@H]1CN(C(=O)c1cn3cccnc3n1)C2. The molecule has 0 spiro atoms. The maximum Gasteiger partial charge on any atom is 0.316 e. The summed E-state index contributed by atoms with van der Waals surface area (Å²) in [5.41, 5.74) is -0.424. The molecule has 0 bridgehead atoms. The number of fused-ring (bicyclic) bond motifs is 2. The van der Waals surface area contributed by atoms with Crippen molar-refractivity contribution in [3.63, 3.8) is 0 Å². The summed E-state index contributed by atoms with van der Waals surface area (Å²) in [5, 5.41) is 0. The van der Waals surface area contributed by atoms with Crippen LogP contribution in [0.4, 0.5) is 0 Å². The second-order valence-corrected chi connectivity index (χ2v) is 6.00. The molecule has 2 saturated heterocycles. The number of nitrogens with zero attached hydrogens (tertiary/aromatic N) is 4. The van der Waals surface area contributed by atoms with Gasteiger partial charge in [0.15, 0.2) is 0 Å². The van der Waals surface area contributed by atoms with Gasteiger partial charge in [0.2, 0.25) is 5.78 Å². The fourth-order valence-corrected chi connectivity index (χ4v) is 3.48. The van der Waals surface area contributed by atoms with Gasteiger partial charge in [0.1, 0.15) is 11.1 Å². The lowest BCUT2D eigenvalue weighted by Crippen LogP contribution is -2.41. The largest absolute Gasteiger partial charge is 0.468 e. The summed E-state index contributed by atoms with van der Waals surface area (Å²) in [6, 6.07) is 1.77. The van der Waals surface area contributed by atoms with Crippen LogP contribution in [0.3, 0.4) is 0 Å². The highest BCUT2D eigenvalue weighted by Gasteiger charge is 2.57. The maximum atomic E-state index is 12.7. The molecule has 0 aromatic carbocycles. The van der Waals surface area contributed by atoms with Crippen molar-refractivity contribution in [2.75, 3.05) is 33.4 Å². The molecule has 2 atom stereocenters. The first-order valence-electron chi connectivity index (χ1n) is 7.39. The predicted octanol–water partition coefficient (Wildman–Crippen LogP) is -0.00910. The normalized spacial score (nSPS) is 26.5. The summed E-state index contributed by atoms with van der Waals surface area (Å²) in [7, 11) is 1.37. The first-order chi connectivity index (χ1) is 11.1. The topological polar surface area (TPSA) is 86.0 Å². The third-order valence-electron chi connectivity index (χ3n) is 4.71. The van der Waals surface area contributed by atoms with Gasteiger partial charge in [-0.15, -0.1) is 0 Å². The third kappa shape index (κ3) is 2.02. The average Bonchev–Trinajstić information content (AvgIpc) is 3.24. The van der Waals surface area contributed by atoms with E-state index in [0.717, 1.165) is 0 Å². The fourth-order valence-electron chi connectivity index (χ4n) is 3.48. The number of rotatable bonds is 2. The Kier molecular flexibility index (Phi) is 3.08. The first kappa shape index (κ1) is 14.1. The number of amides is 1. The molecule has 1 amide bonds. The van der Waals surface area contributed by atoms with E-state index in [-0.39, 0.29) is 17.8 Å². The number of aromatic nitrogens is 3. The molecule has 0 radical (unpaired) electrons. The lowest BCUT2D eigenvalue weighted by Gasteiger charge is -2.23. The van der Waals surface area contributed by atoms with E-state index in [4.69, 9.17) is 9.47 Å². The zero-order valence-electron chi connectivity index (χ0n) is 12.6. The van der Waals surface area contributed by atoms with Crippen LogP contribution in [0.2, 0.25) is 0 Å². The molecule has 8 heteroatoms. The number of ether oxygens (including phenoxy) is 2. The summed E-state index contributed by atoms with van der Waals surface area (Å²) < 4.78 is 12.1. The Balaban J connectivity index is 1.61. The van der Waals surface area contributed by atoms with Crippen molar-refractivity contribution in [3.05, 3.63) is 30.4 Å². The van der Waals surface area contributed by atoms with Gasteiger partial charge in [0.25, 0.3) is 5.91 Å². The van der Waals surface area contributed by atoms with Gasteiger partial charge in [0.05, 0.1) is 20.3 Å². The maximum absolute atomic E-state index is 12.7. The second kappa shape index (κ2) is 5.02. The molecular weight excluding hydrogens is 300 g/mol. The van der Waals surface area contributed by atoms with Crippen LogP contribution < -0.4 is 0 Å². The van der Waals surface area contributed by atoms with Crippen molar-refractivity contribution in [2.45, 2.75) is 0 Å². The van der Waals surface area contributed by atoms with Crippen LogP contribution in [0.1, 0.15) is 10.5 Å². The highest BCUT2D eigenvalue weighted by molar-refractivity contribution is 5.94. The summed E-state index contributed by atoms with van der Waals surface area (Å²) in [6.45, 7) is 1.52. The number of esters is 1. The smallest absolute Gasteiger partial charge is 0.316 e. The van der Waals surface area contributed by atoms with E-state index in [1.807, 2.05) is 0 Å². The number of methoxy groups -OCH3 is 1. The van der Waals surface area contributed by atoms with Gasteiger partial charge in [-0.05, 0) is 6.07 Å². The summed E-state index contributed by atoms with van der Waals surface area (Å²) in [6.07, 6.45) is 5.06. The lowest BCUT2D eigenvalue weighted by molar-refractivity contribution is -0.153.